The Bertz CT molecular complexity index is 753. The number of anilines is 1. The topological polar surface area (TPSA) is 81.2 Å². The molecule has 0 aliphatic rings. The van der Waals surface area contributed by atoms with Crippen LogP contribution in [0.2, 0.25) is 0 Å². The molecule has 2 rings (SSSR count). The average molecular weight is 433 g/mol. The Morgan fingerprint density at radius 2 is 1.68 bits per heavy atom. The third-order valence-corrected chi connectivity index (χ3v) is 4.97. The molecule has 1 aromatic heterocycles. The summed E-state index contributed by atoms with van der Waals surface area (Å²) in [7, 11) is -3.67. The van der Waals surface area contributed by atoms with Crippen LogP contribution in [0, 0.1) is 17.4 Å². The molecule has 22 heavy (non-hydrogen) atoms. The van der Waals surface area contributed by atoms with Gasteiger partial charge in [0, 0.05) is 3.57 Å². The number of nitrogens with one attached hydrogen (secondary N) is 1. The first kappa shape index (κ1) is 16.9. The van der Waals surface area contributed by atoms with Crippen molar-refractivity contribution in [3.8, 4) is 6.01 Å². The van der Waals surface area contributed by atoms with E-state index in [-0.39, 0.29) is 10.9 Å². The molecule has 118 valence electrons. The highest BCUT2D eigenvalue weighted by Crippen LogP contribution is 2.23. The molecule has 0 aliphatic carbocycles. The molecular weight excluding hydrogens is 417 g/mol. The molecule has 8 heteroatoms. The summed E-state index contributed by atoms with van der Waals surface area (Å²) < 4.78 is 33.6. The molecular formula is C14H16IN3O3S. The number of nitrogens with zero attached hydrogens (tertiary/aromatic N) is 2. The van der Waals surface area contributed by atoms with Crippen molar-refractivity contribution in [3.05, 3.63) is 39.2 Å². The van der Waals surface area contributed by atoms with Crippen LogP contribution in [0.4, 0.5) is 5.69 Å². The number of sulfonamides is 1. The van der Waals surface area contributed by atoms with E-state index in [4.69, 9.17) is 4.74 Å². The first-order valence-corrected chi connectivity index (χ1v) is 9.16. The number of hydrogen-bond acceptors (Lipinski definition) is 5. The second-order valence-electron chi connectivity index (χ2n) is 4.54. The lowest BCUT2D eigenvalue weighted by Crippen LogP contribution is -2.16. The molecule has 0 atom stereocenters. The number of aryl methyl sites for hydroxylation is 2. The Hall–Kier alpha value is -1.42. The van der Waals surface area contributed by atoms with Gasteiger partial charge in [-0.05, 0) is 67.6 Å². The molecule has 0 saturated carbocycles. The second-order valence-corrected chi connectivity index (χ2v) is 7.47. The summed E-state index contributed by atoms with van der Waals surface area (Å²) in [6.45, 7) is 5.71. The summed E-state index contributed by atoms with van der Waals surface area (Å²) in [5.41, 5.74) is 1.41. The average Bonchev–Trinajstić information content (AvgIpc) is 2.44. The summed E-state index contributed by atoms with van der Waals surface area (Å²) in [5.74, 6) is 0. The van der Waals surface area contributed by atoms with Crippen molar-refractivity contribution >= 4 is 38.3 Å². The van der Waals surface area contributed by atoms with Crippen molar-refractivity contribution in [1.29, 1.82) is 0 Å². The summed E-state index contributed by atoms with van der Waals surface area (Å²) in [5, 5.41) is 0. The van der Waals surface area contributed by atoms with Crippen LogP contribution in [-0.4, -0.2) is 25.0 Å². The molecule has 0 radical (unpaired) electrons. The third kappa shape index (κ3) is 3.86. The van der Waals surface area contributed by atoms with E-state index < -0.39 is 10.0 Å². The van der Waals surface area contributed by atoms with Crippen LogP contribution in [0.25, 0.3) is 0 Å². The van der Waals surface area contributed by atoms with Crippen molar-refractivity contribution < 1.29 is 13.2 Å². The van der Waals surface area contributed by atoms with Crippen molar-refractivity contribution in [2.75, 3.05) is 11.3 Å². The van der Waals surface area contributed by atoms with Crippen molar-refractivity contribution in [2.45, 2.75) is 25.7 Å². The SMILES string of the molecule is CCOc1nc(C)c(NS(=O)(=O)c2ccc(I)cc2)c(C)n1. The lowest BCUT2D eigenvalue weighted by molar-refractivity contribution is 0.311. The maximum Gasteiger partial charge on any atom is 0.316 e. The van der Waals surface area contributed by atoms with Gasteiger partial charge < -0.3 is 4.74 Å². The zero-order valence-electron chi connectivity index (χ0n) is 12.4. The van der Waals surface area contributed by atoms with Gasteiger partial charge in [0.15, 0.2) is 0 Å². The maximum absolute atomic E-state index is 12.4. The van der Waals surface area contributed by atoms with Crippen LogP contribution in [-0.2, 0) is 10.0 Å². The van der Waals surface area contributed by atoms with E-state index in [2.05, 4.69) is 37.3 Å². The smallest absolute Gasteiger partial charge is 0.316 e. The molecule has 0 fully saturated rings. The largest absolute Gasteiger partial charge is 0.464 e. The van der Waals surface area contributed by atoms with Gasteiger partial charge in [-0.25, -0.2) is 8.42 Å². The lowest BCUT2D eigenvalue weighted by atomic mass is 10.3. The van der Waals surface area contributed by atoms with E-state index in [0.717, 1.165) is 3.57 Å². The Kier molecular flexibility index (Phi) is 5.22. The standard InChI is InChI=1S/C14H16IN3O3S/c1-4-21-14-16-9(2)13(10(3)17-14)18-22(19,20)12-7-5-11(15)6-8-12/h5-8,18H,4H2,1-3H3. The van der Waals surface area contributed by atoms with Gasteiger partial charge in [-0.2, -0.15) is 9.97 Å². The minimum absolute atomic E-state index is 0.195. The zero-order valence-corrected chi connectivity index (χ0v) is 15.4. The van der Waals surface area contributed by atoms with Gasteiger partial charge in [0.1, 0.15) is 0 Å². The van der Waals surface area contributed by atoms with Crippen LogP contribution in [0.3, 0.4) is 0 Å². The van der Waals surface area contributed by atoms with Crippen molar-refractivity contribution in [3.63, 3.8) is 0 Å². The fourth-order valence-electron chi connectivity index (χ4n) is 1.83. The lowest BCUT2D eigenvalue weighted by Gasteiger charge is -2.13. The fourth-order valence-corrected chi connectivity index (χ4v) is 3.37. The molecule has 6 nitrogen and oxygen atoms in total. The molecule has 1 heterocycles. The highest BCUT2D eigenvalue weighted by Gasteiger charge is 2.18. The summed E-state index contributed by atoms with van der Waals surface area (Å²) >= 11 is 2.12. The van der Waals surface area contributed by atoms with Gasteiger partial charge in [-0.3, -0.25) is 4.72 Å². The molecule has 0 saturated heterocycles. The number of aromatic nitrogens is 2. The molecule has 1 aromatic carbocycles. The molecule has 0 bridgehead atoms. The summed E-state index contributed by atoms with van der Waals surface area (Å²) in [4.78, 5) is 8.50. The third-order valence-electron chi connectivity index (χ3n) is 2.88. The number of rotatable bonds is 5. The van der Waals surface area contributed by atoms with E-state index in [0.29, 0.717) is 23.7 Å². The van der Waals surface area contributed by atoms with Crippen LogP contribution in [0.1, 0.15) is 18.3 Å². The van der Waals surface area contributed by atoms with Crippen molar-refractivity contribution in [1.82, 2.24) is 9.97 Å². The molecule has 0 spiro atoms. The first-order chi connectivity index (χ1) is 10.3. The van der Waals surface area contributed by atoms with Crippen molar-refractivity contribution in [2.24, 2.45) is 0 Å². The van der Waals surface area contributed by atoms with Gasteiger partial charge in [0.2, 0.25) is 0 Å². The van der Waals surface area contributed by atoms with Gasteiger partial charge in [0.25, 0.3) is 10.0 Å². The minimum Gasteiger partial charge on any atom is -0.464 e. The Labute approximate surface area is 143 Å². The van der Waals surface area contributed by atoms with E-state index in [9.17, 15) is 8.42 Å². The Morgan fingerprint density at radius 1 is 1.14 bits per heavy atom. The molecule has 0 amide bonds. The van der Waals surface area contributed by atoms with E-state index in [1.807, 2.05) is 6.92 Å². The first-order valence-electron chi connectivity index (χ1n) is 6.60. The number of benzene rings is 1. The van der Waals surface area contributed by atoms with Gasteiger partial charge in [-0.1, -0.05) is 0 Å². The predicted octanol–water partition coefficient (Wildman–Crippen LogP) is 2.90. The van der Waals surface area contributed by atoms with E-state index >= 15 is 0 Å². The monoisotopic (exact) mass is 433 g/mol. The van der Waals surface area contributed by atoms with Gasteiger partial charge >= 0.3 is 6.01 Å². The summed E-state index contributed by atoms with van der Waals surface area (Å²) in [6, 6.07) is 6.84. The van der Waals surface area contributed by atoms with Crippen LogP contribution >= 0.6 is 22.6 Å². The number of hydrogen-bond donors (Lipinski definition) is 1. The fraction of sp³-hybridized carbons (Fsp3) is 0.286. The second kappa shape index (κ2) is 6.78. The van der Waals surface area contributed by atoms with Crippen LogP contribution in [0.5, 0.6) is 6.01 Å². The molecule has 0 unspecified atom stereocenters. The molecule has 2 aromatic rings. The molecule has 1 N–H and O–H groups in total. The molecule has 0 aliphatic heterocycles. The minimum atomic E-state index is -3.67. The highest BCUT2D eigenvalue weighted by molar-refractivity contribution is 14.1. The van der Waals surface area contributed by atoms with Gasteiger partial charge in [0.05, 0.1) is 28.6 Å². The summed E-state index contributed by atoms with van der Waals surface area (Å²) in [6.07, 6.45) is 0. The van der Waals surface area contributed by atoms with Gasteiger partial charge in [-0.15, -0.1) is 0 Å². The quantitative estimate of drug-likeness (QED) is 0.734. The Balaban J connectivity index is 2.35. The normalized spacial score (nSPS) is 11.3. The number of halogens is 1. The highest BCUT2D eigenvalue weighted by atomic mass is 127. The van der Waals surface area contributed by atoms with E-state index in [1.54, 1.807) is 38.1 Å². The van der Waals surface area contributed by atoms with E-state index in [1.165, 1.54) is 0 Å². The van der Waals surface area contributed by atoms with Crippen LogP contribution < -0.4 is 9.46 Å². The van der Waals surface area contributed by atoms with Crippen LogP contribution in [0.15, 0.2) is 29.2 Å². The number of ether oxygens (including phenoxy) is 1. The zero-order chi connectivity index (χ0) is 16.3. The Morgan fingerprint density at radius 3 is 2.18 bits per heavy atom. The predicted molar refractivity (Wildman–Crippen MR) is 92.6 cm³/mol. The maximum atomic E-state index is 12.4.